The first-order chi connectivity index (χ1) is 11.4. The second-order valence-corrected chi connectivity index (χ2v) is 5.53. The molecule has 0 fully saturated rings. The van der Waals surface area contributed by atoms with Gasteiger partial charge in [-0.15, -0.1) is 0 Å². The second-order valence-electron chi connectivity index (χ2n) is 4.71. The predicted octanol–water partition coefficient (Wildman–Crippen LogP) is 4.20. The van der Waals surface area contributed by atoms with Gasteiger partial charge in [-0.2, -0.15) is 0 Å². The fraction of sp³-hybridized carbons (Fsp3) is 0.188. The fourth-order valence-corrected chi connectivity index (χ4v) is 2.44. The lowest BCUT2D eigenvalue weighted by Gasteiger charge is -2.14. The minimum atomic E-state index is -0.451. The Bertz CT molecular complexity index is 756. The average molecular weight is 373 g/mol. The molecule has 0 saturated carbocycles. The third kappa shape index (κ3) is 4.43. The maximum Gasteiger partial charge on any atom is 0.243 e. The molecule has 0 saturated heterocycles. The molecule has 0 bridgehead atoms. The minimum Gasteiger partial charge on any atom is -0.495 e. The maximum absolute atomic E-state index is 13.0. The average Bonchev–Trinajstić information content (AvgIpc) is 2.54. The highest BCUT2D eigenvalue weighted by atomic mass is 35.5. The summed E-state index contributed by atoms with van der Waals surface area (Å²) < 4.78 is 23.3. The molecule has 0 atom stereocenters. The molecule has 128 valence electrons. The number of hydrogen-bond donors (Lipinski definition) is 2. The van der Waals surface area contributed by atoms with Gasteiger partial charge in [-0.05, 0) is 24.3 Å². The van der Waals surface area contributed by atoms with Gasteiger partial charge in [0.25, 0.3) is 0 Å². The molecule has 2 rings (SSSR count). The molecule has 0 spiro atoms. The Balaban J connectivity index is 2.05. The van der Waals surface area contributed by atoms with E-state index in [1.54, 1.807) is 6.07 Å². The Morgan fingerprint density at radius 2 is 1.75 bits per heavy atom. The molecule has 8 heteroatoms. The molecule has 2 aromatic carbocycles. The van der Waals surface area contributed by atoms with Crippen LogP contribution in [0.15, 0.2) is 30.3 Å². The molecule has 0 aliphatic heterocycles. The smallest absolute Gasteiger partial charge is 0.243 e. The van der Waals surface area contributed by atoms with E-state index in [2.05, 4.69) is 10.6 Å². The highest BCUT2D eigenvalue weighted by molar-refractivity contribution is 6.33. The van der Waals surface area contributed by atoms with Crippen LogP contribution in [0.3, 0.4) is 0 Å². The predicted molar refractivity (Wildman–Crippen MR) is 93.1 cm³/mol. The van der Waals surface area contributed by atoms with Crippen LogP contribution in [0.4, 0.5) is 15.8 Å². The Morgan fingerprint density at radius 1 is 1.04 bits per heavy atom. The van der Waals surface area contributed by atoms with Gasteiger partial charge in [-0.3, -0.25) is 4.79 Å². The zero-order valence-corrected chi connectivity index (χ0v) is 14.5. The van der Waals surface area contributed by atoms with Crippen molar-refractivity contribution in [1.82, 2.24) is 0 Å². The zero-order valence-electron chi connectivity index (χ0n) is 13.0. The summed E-state index contributed by atoms with van der Waals surface area (Å²) in [5, 5.41) is 6.02. The molecule has 0 aliphatic carbocycles. The number of nitrogens with one attached hydrogen (secondary N) is 2. The third-order valence-electron chi connectivity index (χ3n) is 3.12. The summed E-state index contributed by atoms with van der Waals surface area (Å²) in [6.07, 6.45) is 0. The van der Waals surface area contributed by atoms with Crippen LogP contribution in [-0.4, -0.2) is 26.7 Å². The van der Waals surface area contributed by atoms with E-state index in [0.717, 1.165) is 6.07 Å². The quantitative estimate of drug-likeness (QED) is 0.797. The Morgan fingerprint density at radius 3 is 2.38 bits per heavy atom. The van der Waals surface area contributed by atoms with Crippen molar-refractivity contribution in [2.24, 2.45) is 0 Å². The van der Waals surface area contributed by atoms with Crippen LogP contribution in [0, 0.1) is 5.82 Å². The van der Waals surface area contributed by atoms with E-state index in [1.165, 1.54) is 32.4 Å². The van der Waals surface area contributed by atoms with Crippen LogP contribution in [0.5, 0.6) is 11.5 Å². The summed E-state index contributed by atoms with van der Waals surface area (Å²) in [4.78, 5) is 12.1. The topological polar surface area (TPSA) is 59.6 Å². The standard InChI is InChI=1S/C16H15Cl2FN2O3/c1-23-14-7-15(24-2)13(6-11(14)18)21-16(22)8-20-12-4-3-9(19)5-10(12)17/h3-7,20H,8H2,1-2H3,(H,21,22). The van der Waals surface area contributed by atoms with Crippen molar-refractivity contribution in [3.8, 4) is 11.5 Å². The van der Waals surface area contributed by atoms with Gasteiger partial charge in [0, 0.05) is 6.07 Å². The molecule has 0 unspecified atom stereocenters. The van der Waals surface area contributed by atoms with Crippen LogP contribution in [0.1, 0.15) is 0 Å². The van der Waals surface area contributed by atoms with E-state index in [-0.39, 0.29) is 17.5 Å². The number of carbonyl (C=O) groups excluding carboxylic acids is 1. The summed E-state index contributed by atoms with van der Waals surface area (Å²) in [6.45, 7) is -0.0713. The lowest BCUT2D eigenvalue weighted by Crippen LogP contribution is -2.22. The third-order valence-corrected chi connectivity index (χ3v) is 3.73. The van der Waals surface area contributed by atoms with Gasteiger partial charge in [0.1, 0.15) is 17.3 Å². The number of benzene rings is 2. The Labute approximate surface area is 148 Å². The van der Waals surface area contributed by atoms with Gasteiger partial charge in [0.05, 0.1) is 42.2 Å². The first-order valence-corrected chi connectivity index (χ1v) is 7.60. The number of hydrogen-bond acceptors (Lipinski definition) is 4. The van der Waals surface area contributed by atoms with E-state index >= 15 is 0 Å². The van der Waals surface area contributed by atoms with Crippen LogP contribution in [-0.2, 0) is 4.79 Å². The molecular formula is C16H15Cl2FN2O3. The molecule has 2 N–H and O–H groups in total. The molecule has 24 heavy (non-hydrogen) atoms. The summed E-state index contributed by atoms with van der Waals surface area (Å²) in [5.74, 6) is 0.0367. The molecule has 0 radical (unpaired) electrons. The van der Waals surface area contributed by atoms with Crippen molar-refractivity contribution >= 4 is 40.5 Å². The second kappa shape index (κ2) is 8.08. The molecule has 0 aliphatic rings. The molecule has 1 amide bonds. The van der Waals surface area contributed by atoms with Crippen molar-refractivity contribution in [2.75, 3.05) is 31.4 Å². The fourth-order valence-electron chi connectivity index (χ4n) is 1.96. The first-order valence-electron chi connectivity index (χ1n) is 6.85. The van der Waals surface area contributed by atoms with Gasteiger partial charge in [0.2, 0.25) is 5.91 Å². The highest BCUT2D eigenvalue weighted by Gasteiger charge is 2.13. The van der Waals surface area contributed by atoms with Crippen molar-refractivity contribution in [3.05, 3.63) is 46.2 Å². The summed E-state index contributed by atoms with van der Waals surface area (Å²) in [7, 11) is 2.95. The molecule has 5 nitrogen and oxygen atoms in total. The molecule has 0 heterocycles. The number of halogens is 3. The summed E-state index contributed by atoms with van der Waals surface area (Å²) in [5.41, 5.74) is 0.855. The molecular weight excluding hydrogens is 358 g/mol. The van der Waals surface area contributed by atoms with Crippen molar-refractivity contribution in [2.45, 2.75) is 0 Å². The number of methoxy groups -OCH3 is 2. The van der Waals surface area contributed by atoms with Gasteiger partial charge >= 0.3 is 0 Å². The molecule has 0 aromatic heterocycles. The Kier molecular flexibility index (Phi) is 6.11. The van der Waals surface area contributed by atoms with Crippen molar-refractivity contribution < 1.29 is 18.7 Å². The first kappa shape index (κ1) is 18.2. The summed E-state index contributed by atoms with van der Waals surface area (Å²) in [6, 6.07) is 6.96. The van der Waals surface area contributed by atoms with E-state index in [4.69, 9.17) is 32.7 Å². The lowest BCUT2D eigenvalue weighted by molar-refractivity contribution is -0.114. The number of ether oxygens (including phenoxy) is 2. The highest BCUT2D eigenvalue weighted by Crippen LogP contribution is 2.35. The van der Waals surface area contributed by atoms with Crippen LogP contribution in [0.25, 0.3) is 0 Å². The monoisotopic (exact) mass is 372 g/mol. The van der Waals surface area contributed by atoms with Crippen LogP contribution in [0.2, 0.25) is 10.0 Å². The van der Waals surface area contributed by atoms with Crippen molar-refractivity contribution in [3.63, 3.8) is 0 Å². The number of carbonyl (C=O) groups is 1. The lowest BCUT2D eigenvalue weighted by atomic mass is 10.2. The van der Waals surface area contributed by atoms with Gasteiger partial charge in [-0.1, -0.05) is 23.2 Å². The van der Waals surface area contributed by atoms with Crippen molar-refractivity contribution in [1.29, 1.82) is 0 Å². The maximum atomic E-state index is 13.0. The van der Waals surface area contributed by atoms with E-state index in [1.807, 2.05) is 0 Å². The largest absolute Gasteiger partial charge is 0.495 e. The minimum absolute atomic E-state index is 0.0713. The van der Waals surface area contributed by atoms with Gasteiger partial charge < -0.3 is 20.1 Å². The normalized spacial score (nSPS) is 10.2. The Hall–Kier alpha value is -2.18. The number of anilines is 2. The van der Waals surface area contributed by atoms with E-state index in [9.17, 15) is 9.18 Å². The van der Waals surface area contributed by atoms with Gasteiger partial charge in [0.15, 0.2) is 0 Å². The SMILES string of the molecule is COc1cc(OC)c(NC(=O)CNc2ccc(F)cc2Cl)cc1Cl. The summed E-state index contributed by atoms with van der Waals surface area (Å²) >= 11 is 11.9. The van der Waals surface area contributed by atoms with E-state index < -0.39 is 5.82 Å². The number of amides is 1. The molecule has 2 aromatic rings. The van der Waals surface area contributed by atoms with E-state index in [0.29, 0.717) is 27.9 Å². The number of rotatable bonds is 6. The van der Waals surface area contributed by atoms with Crippen LogP contribution < -0.4 is 20.1 Å². The zero-order chi connectivity index (χ0) is 17.7. The van der Waals surface area contributed by atoms with Crippen LogP contribution >= 0.6 is 23.2 Å². The van der Waals surface area contributed by atoms with Gasteiger partial charge in [-0.25, -0.2) is 4.39 Å².